The Kier molecular flexibility index (Phi) is 6.19. The van der Waals surface area contributed by atoms with Crippen molar-refractivity contribution in [2.24, 2.45) is 0 Å². The van der Waals surface area contributed by atoms with E-state index in [4.69, 9.17) is 33.3 Å². The molecule has 3 nitrogen and oxygen atoms in total. The van der Waals surface area contributed by atoms with Gasteiger partial charge in [0.2, 0.25) is 0 Å². The monoisotopic (exact) mass is 353 g/mol. The first-order valence-corrected chi connectivity index (χ1v) is 7.87. The third kappa shape index (κ3) is 4.56. The highest BCUT2D eigenvalue weighted by atomic mass is 35.5. The van der Waals surface area contributed by atoms with E-state index in [0.717, 1.165) is 12.0 Å². The molecule has 0 atom stereocenters. The maximum atomic E-state index is 14.0. The van der Waals surface area contributed by atoms with Crippen LogP contribution in [-0.4, -0.2) is 12.3 Å². The van der Waals surface area contributed by atoms with Gasteiger partial charge in [0.15, 0.2) is 11.6 Å². The van der Waals surface area contributed by atoms with E-state index in [-0.39, 0.29) is 17.5 Å². The third-order valence-electron chi connectivity index (χ3n) is 3.32. The molecule has 2 rings (SSSR count). The van der Waals surface area contributed by atoms with Gasteiger partial charge < -0.3 is 14.8 Å². The van der Waals surface area contributed by atoms with E-state index in [9.17, 15) is 4.39 Å². The van der Waals surface area contributed by atoms with Crippen LogP contribution in [-0.2, 0) is 17.8 Å². The summed E-state index contributed by atoms with van der Waals surface area (Å²) in [5, 5.41) is 3.64. The quantitative estimate of drug-likeness (QED) is 0.769. The molecule has 1 N–H and O–H groups in total. The number of rotatable bonds is 5. The maximum Gasteiger partial charge on any atom is 0.260 e. The molecule has 0 saturated carbocycles. The molecular weight excluding hydrogens is 337 g/mol. The summed E-state index contributed by atoms with van der Waals surface area (Å²) in [6, 6.07) is 10.2. The first-order valence-electron chi connectivity index (χ1n) is 7.08. The molecule has 2 aromatic carbocycles. The fourth-order valence-electron chi connectivity index (χ4n) is 2.01. The van der Waals surface area contributed by atoms with E-state index < -0.39 is 5.82 Å². The van der Waals surface area contributed by atoms with Crippen molar-refractivity contribution < 1.29 is 13.9 Å². The molecule has 0 saturated heterocycles. The summed E-state index contributed by atoms with van der Waals surface area (Å²) in [4.78, 5) is 0. The van der Waals surface area contributed by atoms with E-state index >= 15 is 0 Å². The largest absolute Gasteiger partial charge is 0.486 e. The zero-order valence-electron chi connectivity index (χ0n) is 12.9. The number of benzene rings is 2. The molecule has 0 aromatic heterocycles. The number of anilines is 1. The first kappa shape index (κ1) is 17.5. The molecule has 2 aromatic rings. The van der Waals surface area contributed by atoms with Crippen LogP contribution in [0.4, 0.5) is 10.1 Å². The highest BCUT2D eigenvalue weighted by Gasteiger charge is 2.11. The molecule has 0 unspecified atom stereocenters. The number of methoxy groups -OCH3 is 1. The van der Waals surface area contributed by atoms with Crippen molar-refractivity contribution in [3.05, 3.63) is 58.4 Å². The Morgan fingerprint density at radius 1 is 1.30 bits per heavy atom. The standard InChI is InChI=1S/C17H17ClFNO2S/c1-3-11-7-8-16(14(19)9-11)22-10-12-13(18)5-4-6-15(12)20-17(23)21-2/h4-9H,3,10H2,1-2H3,(H,20,23). The van der Waals surface area contributed by atoms with Gasteiger partial charge in [-0.3, -0.25) is 0 Å². The van der Waals surface area contributed by atoms with Gasteiger partial charge in [0.25, 0.3) is 5.17 Å². The van der Waals surface area contributed by atoms with Crippen LogP contribution in [0.2, 0.25) is 5.02 Å². The van der Waals surface area contributed by atoms with Crippen LogP contribution in [0, 0.1) is 5.82 Å². The lowest BCUT2D eigenvalue weighted by Gasteiger charge is -2.15. The zero-order valence-corrected chi connectivity index (χ0v) is 14.4. The van der Waals surface area contributed by atoms with Crippen molar-refractivity contribution in [2.75, 3.05) is 12.4 Å². The smallest absolute Gasteiger partial charge is 0.260 e. The number of aryl methyl sites for hydroxylation is 1. The van der Waals surface area contributed by atoms with Crippen LogP contribution < -0.4 is 10.1 Å². The minimum absolute atomic E-state index is 0.108. The molecule has 0 aliphatic rings. The lowest BCUT2D eigenvalue weighted by molar-refractivity contribution is 0.291. The Hall–Kier alpha value is -1.85. The zero-order chi connectivity index (χ0) is 16.8. The van der Waals surface area contributed by atoms with Crippen LogP contribution in [0.5, 0.6) is 5.75 Å². The number of nitrogens with one attached hydrogen (secondary N) is 1. The molecule has 0 spiro atoms. The lowest BCUT2D eigenvalue weighted by atomic mass is 10.1. The van der Waals surface area contributed by atoms with E-state index in [1.54, 1.807) is 24.3 Å². The van der Waals surface area contributed by atoms with E-state index in [1.165, 1.54) is 13.2 Å². The van der Waals surface area contributed by atoms with Crippen molar-refractivity contribution >= 4 is 34.7 Å². The Morgan fingerprint density at radius 2 is 2.09 bits per heavy atom. The summed E-state index contributed by atoms with van der Waals surface area (Å²) in [6.45, 7) is 2.08. The molecular formula is C17H17ClFNO2S. The fraction of sp³-hybridized carbons (Fsp3) is 0.235. The van der Waals surface area contributed by atoms with Crippen LogP contribution in [0.25, 0.3) is 0 Å². The van der Waals surface area contributed by atoms with Crippen LogP contribution in [0.1, 0.15) is 18.1 Å². The molecule has 0 heterocycles. The molecule has 0 fully saturated rings. The van der Waals surface area contributed by atoms with E-state index in [2.05, 4.69) is 5.32 Å². The van der Waals surface area contributed by atoms with E-state index in [0.29, 0.717) is 16.3 Å². The van der Waals surface area contributed by atoms with Gasteiger partial charge >= 0.3 is 0 Å². The third-order valence-corrected chi connectivity index (χ3v) is 3.94. The number of hydrogen-bond acceptors (Lipinski definition) is 3. The van der Waals surface area contributed by atoms with E-state index in [1.807, 2.05) is 13.0 Å². The molecule has 0 radical (unpaired) electrons. The van der Waals surface area contributed by atoms with Gasteiger partial charge in [-0.1, -0.05) is 30.7 Å². The van der Waals surface area contributed by atoms with Crippen LogP contribution in [0.3, 0.4) is 0 Å². The van der Waals surface area contributed by atoms with Crippen molar-refractivity contribution in [3.63, 3.8) is 0 Å². The average molecular weight is 354 g/mol. The minimum atomic E-state index is -0.390. The van der Waals surface area contributed by atoms with Gasteiger partial charge in [-0.25, -0.2) is 4.39 Å². The molecule has 0 aliphatic carbocycles. The van der Waals surface area contributed by atoms with Crippen molar-refractivity contribution in [1.82, 2.24) is 0 Å². The molecule has 23 heavy (non-hydrogen) atoms. The van der Waals surface area contributed by atoms with Crippen molar-refractivity contribution in [1.29, 1.82) is 0 Å². The Bertz CT molecular complexity index is 709. The van der Waals surface area contributed by atoms with Crippen LogP contribution in [0.15, 0.2) is 36.4 Å². The summed E-state index contributed by atoms with van der Waals surface area (Å²) in [5.74, 6) is -0.208. The van der Waals surface area contributed by atoms with Gasteiger partial charge in [0.1, 0.15) is 6.61 Å². The fourth-order valence-corrected chi connectivity index (χ4v) is 2.35. The predicted molar refractivity (Wildman–Crippen MR) is 94.8 cm³/mol. The second-order valence-corrected chi connectivity index (χ2v) is 5.57. The Labute approximate surface area is 145 Å². The lowest BCUT2D eigenvalue weighted by Crippen LogP contribution is -2.13. The number of ether oxygens (including phenoxy) is 2. The summed E-state index contributed by atoms with van der Waals surface area (Å²) in [7, 11) is 1.47. The SMILES string of the molecule is CCc1ccc(OCc2c(Cl)cccc2NC(=S)OC)c(F)c1. The molecule has 6 heteroatoms. The second kappa shape index (κ2) is 8.13. The van der Waals surface area contributed by atoms with Gasteiger partial charge in [0, 0.05) is 16.3 Å². The number of thiocarbonyl (C=S) groups is 1. The Morgan fingerprint density at radius 3 is 2.74 bits per heavy atom. The van der Waals surface area contributed by atoms with Gasteiger partial charge in [0.05, 0.1) is 7.11 Å². The summed E-state index contributed by atoms with van der Waals surface area (Å²) < 4.78 is 24.5. The normalized spacial score (nSPS) is 10.3. The first-order chi connectivity index (χ1) is 11.0. The molecule has 122 valence electrons. The second-order valence-electron chi connectivity index (χ2n) is 4.79. The van der Waals surface area contributed by atoms with Crippen molar-refractivity contribution in [2.45, 2.75) is 20.0 Å². The molecule has 0 bridgehead atoms. The van der Waals surface area contributed by atoms with Gasteiger partial charge in [-0.05, 0) is 48.5 Å². The summed E-state index contributed by atoms with van der Waals surface area (Å²) in [6.07, 6.45) is 0.768. The average Bonchev–Trinajstić information content (AvgIpc) is 2.55. The van der Waals surface area contributed by atoms with Crippen LogP contribution >= 0.6 is 23.8 Å². The van der Waals surface area contributed by atoms with Crippen molar-refractivity contribution in [3.8, 4) is 5.75 Å². The van der Waals surface area contributed by atoms with Gasteiger partial charge in [-0.15, -0.1) is 0 Å². The van der Waals surface area contributed by atoms with Gasteiger partial charge in [-0.2, -0.15) is 0 Å². The Balaban J connectivity index is 2.18. The highest BCUT2D eigenvalue weighted by molar-refractivity contribution is 7.80. The minimum Gasteiger partial charge on any atom is -0.486 e. The molecule has 0 aliphatic heterocycles. The topological polar surface area (TPSA) is 30.5 Å². The summed E-state index contributed by atoms with van der Waals surface area (Å²) in [5.41, 5.74) is 2.25. The summed E-state index contributed by atoms with van der Waals surface area (Å²) >= 11 is 11.2. The maximum absolute atomic E-state index is 14.0. The highest BCUT2D eigenvalue weighted by Crippen LogP contribution is 2.27. The number of hydrogen-bond donors (Lipinski definition) is 1. The number of halogens is 2. The molecule has 0 amide bonds. The predicted octanol–water partition coefficient (Wildman–Crippen LogP) is 4.96.